The van der Waals surface area contributed by atoms with Crippen molar-refractivity contribution in [2.24, 2.45) is 0 Å². The van der Waals surface area contributed by atoms with Crippen molar-refractivity contribution in [1.29, 1.82) is 0 Å². The molecule has 0 unspecified atom stereocenters. The van der Waals surface area contributed by atoms with Gasteiger partial charge in [-0.2, -0.15) is 0 Å². The molecule has 2 N–H and O–H groups in total. The molecule has 1 rings (SSSR count). The summed E-state index contributed by atoms with van der Waals surface area (Å²) in [7, 11) is 0. The van der Waals surface area contributed by atoms with Crippen LogP contribution in [0, 0.1) is 13.8 Å². The lowest BCUT2D eigenvalue weighted by molar-refractivity contribution is 0.320. The predicted molar refractivity (Wildman–Crippen MR) is 80.2 cm³/mol. The maximum Gasteiger partial charge on any atom is 0.166 e. The van der Waals surface area contributed by atoms with E-state index in [-0.39, 0.29) is 0 Å². The Morgan fingerprint density at radius 2 is 2.17 bits per heavy atom. The number of thiocarbonyl (C=S) groups is 1. The third-order valence-corrected chi connectivity index (χ3v) is 2.67. The molecular weight excluding hydrogens is 244 g/mol. The van der Waals surface area contributed by atoms with E-state index in [0.717, 1.165) is 11.3 Å². The minimum absolute atomic E-state index is 0.583. The van der Waals surface area contributed by atoms with Crippen molar-refractivity contribution in [2.75, 3.05) is 19.7 Å². The molecule has 0 heterocycles. The molecule has 0 spiro atoms. The number of benzene rings is 1. The first-order chi connectivity index (χ1) is 8.63. The van der Waals surface area contributed by atoms with Crippen LogP contribution in [0.25, 0.3) is 0 Å². The van der Waals surface area contributed by atoms with Crippen LogP contribution in [-0.4, -0.2) is 24.8 Å². The summed E-state index contributed by atoms with van der Waals surface area (Å²) in [6.45, 7) is 9.66. The Bertz CT molecular complexity index is 418. The third kappa shape index (κ3) is 5.19. The fourth-order valence-corrected chi connectivity index (χ4v) is 1.70. The summed E-state index contributed by atoms with van der Waals surface area (Å²) < 4.78 is 5.68. The monoisotopic (exact) mass is 264 g/mol. The van der Waals surface area contributed by atoms with Crippen LogP contribution in [0.15, 0.2) is 30.9 Å². The zero-order valence-corrected chi connectivity index (χ0v) is 11.8. The van der Waals surface area contributed by atoms with Gasteiger partial charge in [0.1, 0.15) is 12.4 Å². The molecule has 0 amide bonds. The quantitative estimate of drug-likeness (QED) is 0.469. The maximum atomic E-state index is 5.68. The normalized spacial score (nSPS) is 9.67. The Hall–Kier alpha value is -1.55. The van der Waals surface area contributed by atoms with Gasteiger partial charge >= 0.3 is 0 Å². The van der Waals surface area contributed by atoms with E-state index in [1.54, 1.807) is 6.08 Å². The van der Waals surface area contributed by atoms with Crippen molar-refractivity contribution < 1.29 is 4.74 Å². The van der Waals surface area contributed by atoms with E-state index in [0.29, 0.717) is 24.8 Å². The van der Waals surface area contributed by atoms with Crippen molar-refractivity contribution in [3.05, 3.63) is 42.0 Å². The lowest BCUT2D eigenvalue weighted by Crippen LogP contribution is -2.37. The Morgan fingerprint density at radius 1 is 1.39 bits per heavy atom. The van der Waals surface area contributed by atoms with Gasteiger partial charge in [-0.1, -0.05) is 23.8 Å². The van der Waals surface area contributed by atoms with Crippen molar-refractivity contribution in [3.8, 4) is 5.75 Å². The first-order valence-corrected chi connectivity index (χ1v) is 6.37. The second kappa shape index (κ2) is 7.71. The number of rotatable bonds is 6. The molecule has 0 saturated heterocycles. The van der Waals surface area contributed by atoms with Gasteiger partial charge in [-0.15, -0.1) is 6.58 Å². The van der Waals surface area contributed by atoms with E-state index in [2.05, 4.69) is 30.2 Å². The van der Waals surface area contributed by atoms with E-state index in [1.165, 1.54) is 5.56 Å². The van der Waals surface area contributed by atoms with Crippen LogP contribution >= 0.6 is 12.2 Å². The van der Waals surface area contributed by atoms with Crippen LogP contribution in [0.4, 0.5) is 0 Å². The lowest BCUT2D eigenvalue weighted by atomic mass is 10.1. The molecule has 0 aromatic heterocycles. The first-order valence-electron chi connectivity index (χ1n) is 5.96. The molecule has 1 aromatic rings. The van der Waals surface area contributed by atoms with Crippen LogP contribution in [0.1, 0.15) is 11.1 Å². The molecule has 0 atom stereocenters. The predicted octanol–water partition coefficient (Wildman–Crippen LogP) is 2.33. The van der Waals surface area contributed by atoms with Crippen molar-refractivity contribution >= 4 is 17.3 Å². The minimum atomic E-state index is 0.583. The molecule has 98 valence electrons. The van der Waals surface area contributed by atoms with Gasteiger partial charge in [-0.05, 0) is 37.7 Å². The van der Waals surface area contributed by atoms with Crippen LogP contribution < -0.4 is 15.4 Å². The van der Waals surface area contributed by atoms with Gasteiger partial charge in [0, 0.05) is 6.54 Å². The lowest BCUT2D eigenvalue weighted by Gasteiger charge is -2.12. The molecule has 4 heteroatoms. The van der Waals surface area contributed by atoms with Gasteiger partial charge in [0.2, 0.25) is 0 Å². The molecule has 0 saturated carbocycles. The van der Waals surface area contributed by atoms with Gasteiger partial charge in [0.05, 0.1) is 6.54 Å². The second-order valence-electron chi connectivity index (χ2n) is 4.04. The summed E-state index contributed by atoms with van der Waals surface area (Å²) in [6, 6.07) is 6.16. The largest absolute Gasteiger partial charge is 0.491 e. The molecule has 3 nitrogen and oxygen atoms in total. The number of nitrogens with one attached hydrogen (secondary N) is 2. The molecule has 0 aliphatic heterocycles. The van der Waals surface area contributed by atoms with Crippen LogP contribution in [0.2, 0.25) is 0 Å². The average molecular weight is 264 g/mol. The second-order valence-corrected chi connectivity index (χ2v) is 4.45. The highest BCUT2D eigenvalue weighted by Crippen LogP contribution is 2.18. The number of aryl methyl sites for hydroxylation is 2. The average Bonchev–Trinajstić information content (AvgIpc) is 2.34. The molecule has 1 aromatic carbocycles. The Kier molecular flexibility index (Phi) is 6.22. The fraction of sp³-hybridized carbons (Fsp3) is 0.357. The van der Waals surface area contributed by atoms with Crippen LogP contribution in [-0.2, 0) is 0 Å². The summed E-state index contributed by atoms with van der Waals surface area (Å²) in [5.41, 5.74) is 2.40. The van der Waals surface area contributed by atoms with Crippen molar-refractivity contribution in [1.82, 2.24) is 10.6 Å². The van der Waals surface area contributed by atoms with E-state index in [9.17, 15) is 0 Å². The molecule has 0 bridgehead atoms. The SMILES string of the molecule is C=CCNC(=S)NCCOc1ccc(C)cc1C. The standard InChI is InChI=1S/C14H20N2OS/c1-4-7-15-14(18)16-8-9-17-13-6-5-11(2)10-12(13)3/h4-6,10H,1,7-9H2,2-3H3,(H2,15,16,18). The number of hydrogen-bond acceptors (Lipinski definition) is 2. The van der Waals surface area contributed by atoms with E-state index in [1.807, 2.05) is 19.1 Å². The van der Waals surface area contributed by atoms with Gasteiger partial charge in [-0.3, -0.25) is 0 Å². The molecule has 0 aliphatic rings. The highest BCUT2D eigenvalue weighted by atomic mass is 32.1. The summed E-state index contributed by atoms with van der Waals surface area (Å²) in [4.78, 5) is 0. The summed E-state index contributed by atoms with van der Waals surface area (Å²) in [5, 5.41) is 6.69. The third-order valence-electron chi connectivity index (χ3n) is 2.38. The summed E-state index contributed by atoms with van der Waals surface area (Å²) >= 11 is 5.07. The van der Waals surface area contributed by atoms with E-state index >= 15 is 0 Å². The topological polar surface area (TPSA) is 33.3 Å². The zero-order chi connectivity index (χ0) is 13.4. The Morgan fingerprint density at radius 3 is 2.83 bits per heavy atom. The van der Waals surface area contributed by atoms with Gasteiger partial charge in [-0.25, -0.2) is 0 Å². The number of hydrogen-bond donors (Lipinski definition) is 2. The fourth-order valence-electron chi connectivity index (χ4n) is 1.51. The Labute approximate surface area is 114 Å². The highest BCUT2D eigenvalue weighted by Gasteiger charge is 1.99. The molecule has 18 heavy (non-hydrogen) atoms. The molecule has 0 radical (unpaired) electrons. The van der Waals surface area contributed by atoms with Crippen LogP contribution in [0.5, 0.6) is 5.75 Å². The maximum absolute atomic E-state index is 5.68. The summed E-state index contributed by atoms with van der Waals surface area (Å²) in [6.07, 6.45) is 1.76. The Balaban J connectivity index is 2.25. The van der Waals surface area contributed by atoms with Gasteiger partial charge in [0.25, 0.3) is 0 Å². The molecular formula is C14H20N2OS. The number of ether oxygens (including phenoxy) is 1. The molecule has 0 aliphatic carbocycles. The summed E-state index contributed by atoms with van der Waals surface area (Å²) in [5.74, 6) is 0.923. The first kappa shape index (κ1) is 14.5. The van der Waals surface area contributed by atoms with Crippen molar-refractivity contribution in [3.63, 3.8) is 0 Å². The zero-order valence-electron chi connectivity index (χ0n) is 11.0. The van der Waals surface area contributed by atoms with Crippen LogP contribution in [0.3, 0.4) is 0 Å². The van der Waals surface area contributed by atoms with Gasteiger partial charge in [0.15, 0.2) is 5.11 Å². The minimum Gasteiger partial charge on any atom is -0.491 e. The van der Waals surface area contributed by atoms with Gasteiger partial charge < -0.3 is 15.4 Å². The van der Waals surface area contributed by atoms with E-state index in [4.69, 9.17) is 17.0 Å². The van der Waals surface area contributed by atoms with E-state index < -0.39 is 0 Å². The van der Waals surface area contributed by atoms with Crippen molar-refractivity contribution in [2.45, 2.75) is 13.8 Å². The molecule has 0 fully saturated rings. The highest BCUT2D eigenvalue weighted by molar-refractivity contribution is 7.80. The smallest absolute Gasteiger partial charge is 0.166 e.